The molecule has 19 heavy (non-hydrogen) atoms. The highest BCUT2D eigenvalue weighted by Gasteiger charge is 2.41. The van der Waals surface area contributed by atoms with Gasteiger partial charge in [0.2, 0.25) is 0 Å². The molecule has 1 N–H and O–H groups in total. The molecule has 1 unspecified atom stereocenters. The van der Waals surface area contributed by atoms with Gasteiger partial charge in [-0.3, -0.25) is 4.79 Å². The van der Waals surface area contributed by atoms with Crippen LogP contribution in [-0.2, 0) is 15.1 Å². The van der Waals surface area contributed by atoms with Gasteiger partial charge in [-0.2, -0.15) is 0 Å². The van der Waals surface area contributed by atoms with Crippen molar-refractivity contribution in [3.05, 3.63) is 29.8 Å². The van der Waals surface area contributed by atoms with E-state index in [4.69, 9.17) is 4.74 Å². The third-order valence-corrected chi connectivity index (χ3v) is 4.23. The molecule has 3 nitrogen and oxygen atoms in total. The van der Waals surface area contributed by atoms with Gasteiger partial charge in [0, 0.05) is 24.4 Å². The Hall–Kier alpha value is -0.840. The fourth-order valence-corrected chi connectivity index (χ4v) is 2.84. The van der Waals surface area contributed by atoms with Crippen LogP contribution in [0.25, 0.3) is 0 Å². The second kappa shape index (κ2) is 6.55. The summed E-state index contributed by atoms with van der Waals surface area (Å²) >= 11 is 1.70. The van der Waals surface area contributed by atoms with Gasteiger partial charge in [-0.25, -0.2) is 0 Å². The summed E-state index contributed by atoms with van der Waals surface area (Å²) in [6, 6.07) is 8.15. The smallest absolute Gasteiger partial charge is 0.170 e. The minimum Gasteiger partial charge on any atom is -0.360 e. The van der Waals surface area contributed by atoms with Crippen LogP contribution in [0.2, 0.25) is 0 Å². The number of benzene rings is 1. The summed E-state index contributed by atoms with van der Waals surface area (Å²) in [5.41, 5.74) is 0.182. The first kappa shape index (κ1) is 14.6. The number of thioether (sulfide) groups is 1. The lowest BCUT2D eigenvalue weighted by Gasteiger charge is -2.37. The van der Waals surface area contributed by atoms with Crippen molar-refractivity contribution >= 4 is 17.5 Å². The number of ether oxygens (including phenoxy) is 1. The summed E-state index contributed by atoms with van der Waals surface area (Å²) in [4.78, 5) is 13.7. The van der Waals surface area contributed by atoms with E-state index in [1.165, 1.54) is 4.90 Å². The molecule has 1 saturated heterocycles. The summed E-state index contributed by atoms with van der Waals surface area (Å²) in [6.07, 6.45) is 3.46. The molecule has 2 rings (SSSR count). The van der Waals surface area contributed by atoms with Crippen LogP contribution < -0.4 is 5.32 Å². The number of hydrogen-bond acceptors (Lipinski definition) is 4. The fourth-order valence-electron chi connectivity index (χ4n) is 2.43. The molecule has 0 saturated carbocycles. The largest absolute Gasteiger partial charge is 0.360 e. The van der Waals surface area contributed by atoms with Crippen molar-refractivity contribution in [2.45, 2.75) is 30.3 Å². The zero-order valence-corrected chi connectivity index (χ0v) is 12.4. The lowest BCUT2D eigenvalue weighted by atomic mass is 9.86. The van der Waals surface area contributed by atoms with Gasteiger partial charge < -0.3 is 10.1 Å². The van der Waals surface area contributed by atoms with Gasteiger partial charge in [0.1, 0.15) is 0 Å². The highest BCUT2D eigenvalue weighted by Crippen LogP contribution is 2.31. The van der Waals surface area contributed by atoms with Crippen LogP contribution in [0.1, 0.15) is 25.3 Å². The zero-order chi connectivity index (χ0) is 13.7. The molecule has 104 valence electrons. The summed E-state index contributed by atoms with van der Waals surface area (Å²) < 4.78 is 5.92. The third-order valence-electron chi connectivity index (χ3n) is 3.49. The average Bonchev–Trinajstić information content (AvgIpc) is 2.48. The third kappa shape index (κ3) is 3.02. The molecule has 0 aromatic heterocycles. The number of carbonyl (C=O) groups is 1. The van der Waals surface area contributed by atoms with Crippen LogP contribution >= 0.6 is 11.8 Å². The number of hydrogen-bond donors (Lipinski definition) is 1. The Morgan fingerprint density at radius 3 is 2.68 bits per heavy atom. The molecule has 1 aromatic carbocycles. The maximum Gasteiger partial charge on any atom is 0.170 e. The Bertz CT molecular complexity index is 424. The van der Waals surface area contributed by atoms with E-state index in [0.717, 1.165) is 18.5 Å². The Labute approximate surface area is 119 Å². The van der Waals surface area contributed by atoms with Crippen LogP contribution in [-0.4, -0.2) is 31.7 Å². The van der Waals surface area contributed by atoms with Crippen molar-refractivity contribution in [2.24, 2.45) is 0 Å². The molecule has 1 aliphatic rings. The van der Waals surface area contributed by atoms with Crippen LogP contribution in [0.5, 0.6) is 0 Å². The van der Waals surface area contributed by atoms with E-state index in [-0.39, 0.29) is 5.78 Å². The van der Waals surface area contributed by atoms with Crippen molar-refractivity contribution < 1.29 is 9.53 Å². The van der Waals surface area contributed by atoms with Crippen molar-refractivity contribution in [1.82, 2.24) is 5.32 Å². The first-order valence-electron chi connectivity index (χ1n) is 6.75. The highest BCUT2D eigenvalue weighted by atomic mass is 32.2. The Morgan fingerprint density at radius 2 is 2.16 bits per heavy atom. The van der Waals surface area contributed by atoms with E-state index in [1.54, 1.807) is 11.8 Å². The number of morpholine rings is 1. The monoisotopic (exact) mass is 279 g/mol. The summed E-state index contributed by atoms with van der Waals surface area (Å²) in [5, 5.41) is 3.29. The number of nitrogens with one attached hydrogen (secondary N) is 1. The number of rotatable bonds is 5. The predicted octanol–water partition coefficient (Wildman–Crippen LogP) is 2.59. The van der Waals surface area contributed by atoms with Gasteiger partial charge >= 0.3 is 0 Å². The number of Topliss-reactive ketones (excluding diaryl/α,β-unsaturated/α-hetero) is 1. The normalized spacial score (nSPS) is 23.3. The van der Waals surface area contributed by atoms with Crippen molar-refractivity contribution in [2.75, 3.05) is 26.0 Å². The zero-order valence-electron chi connectivity index (χ0n) is 11.6. The molecule has 0 aliphatic carbocycles. The molecule has 1 heterocycles. The first-order valence-corrected chi connectivity index (χ1v) is 7.98. The molecule has 1 aliphatic heterocycles. The average molecular weight is 279 g/mol. The molecule has 0 radical (unpaired) electrons. The number of ketones is 1. The second-order valence-electron chi connectivity index (χ2n) is 4.75. The molecule has 0 bridgehead atoms. The lowest BCUT2D eigenvalue weighted by molar-refractivity contribution is -0.150. The molecule has 1 atom stereocenters. The standard InChI is InChI=1S/C15H21NO2S/c1-3-4-14(17)15(11-16-9-10-18-15)12-5-7-13(19-2)8-6-12/h5-8,16H,3-4,9-11H2,1-2H3. The summed E-state index contributed by atoms with van der Waals surface area (Å²) in [5.74, 6) is 0.180. The Morgan fingerprint density at radius 1 is 1.42 bits per heavy atom. The lowest BCUT2D eigenvalue weighted by Crippen LogP contribution is -2.52. The Balaban J connectivity index is 2.32. The van der Waals surface area contributed by atoms with Crippen molar-refractivity contribution in [3.63, 3.8) is 0 Å². The number of carbonyl (C=O) groups excluding carboxylic acids is 1. The maximum atomic E-state index is 12.5. The van der Waals surface area contributed by atoms with Crippen LogP contribution in [0, 0.1) is 0 Å². The molecule has 1 fully saturated rings. The van der Waals surface area contributed by atoms with Crippen LogP contribution in [0.15, 0.2) is 29.2 Å². The van der Waals surface area contributed by atoms with Crippen LogP contribution in [0.3, 0.4) is 0 Å². The first-order chi connectivity index (χ1) is 9.23. The van der Waals surface area contributed by atoms with Gasteiger partial charge in [0.25, 0.3) is 0 Å². The quantitative estimate of drug-likeness (QED) is 0.841. The summed E-state index contributed by atoms with van der Waals surface area (Å²) in [7, 11) is 0. The molecule has 0 spiro atoms. The SMILES string of the molecule is CCCC(=O)C1(c2ccc(SC)cc2)CNCCO1. The van der Waals surface area contributed by atoms with E-state index < -0.39 is 5.60 Å². The molecule has 0 amide bonds. The maximum absolute atomic E-state index is 12.5. The molecular weight excluding hydrogens is 258 g/mol. The van der Waals surface area contributed by atoms with Gasteiger partial charge in [0.15, 0.2) is 11.4 Å². The highest BCUT2D eigenvalue weighted by molar-refractivity contribution is 7.98. The minimum atomic E-state index is -0.787. The van der Waals surface area contributed by atoms with E-state index in [0.29, 0.717) is 19.6 Å². The van der Waals surface area contributed by atoms with Gasteiger partial charge in [-0.1, -0.05) is 19.1 Å². The molecular formula is C15H21NO2S. The van der Waals surface area contributed by atoms with E-state index in [9.17, 15) is 4.79 Å². The Kier molecular flexibility index (Phi) is 5.02. The van der Waals surface area contributed by atoms with E-state index in [2.05, 4.69) is 17.4 Å². The molecule has 1 aromatic rings. The van der Waals surface area contributed by atoms with Crippen molar-refractivity contribution in [1.29, 1.82) is 0 Å². The second-order valence-corrected chi connectivity index (χ2v) is 5.63. The summed E-state index contributed by atoms with van der Waals surface area (Å²) in [6.45, 7) is 3.99. The predicted molar refractivity (Wildman–Crippen MR) is 78.6 cm³/mol. The fraction of sp³-hybridized carbons (Fsp3) is 0.533. The van der Waals surface area contributed by atoms with E-state index >= 15 is 0 Å². The minimum absolute atomic E-state index is 0.180. The topological polar surface area (TPSA) is 38.3 Å². The van der Waals surface area contributed by atoms with Gasteiger partial charge in [-0.05, 0) is 30.4 Å². The van der Waals surface area contributed by atoms with Crippen molar-refractivity contribution in [3.8, 4) is 0 Å². The van der Waals surface area contributed by atoms with Gasteiger partial charge in [-0.15, -0.1) is 11.8 Å². The van der Waals surface area contributed by atoms with Gasteiger partial charge in [0.05, 0.1) is 6.61 Å². The molecule has 4 heteroatoms. The van der Waals surface area contributed by atoms with Crippen LogP contribution in [0.4, 0.5) is 0 Å². The van der Waals surface area contributed by atoms with E-state index in [1.807, 2.05) is 25.3 Å².